The molecule has 3 aliphatic rings. The van der Waals surface area contributed by atoms with Gasteiger partial charge in [-0.15, -0.1) is 0 Å². The number of aliphatic imine (C=N–C) groups is 2. The molecule has 0 spiro atoms. The molecule has 0 atom stereocenters. The zero-order valence-corrected chi connectivity index (χ0v) is 14.0. The van der Waals surface area contributed by atoms with Gasteiger partial charge in [0.1, 0.15) is 12.2 Å². The fourth-order valence-electron chi connectivity index (χ4n) is 3.90. The molecule has 2 aliphatic carbocycles. The van der Waals surface area contributed by atoms with Crippen LogP contribution in [0.2, 0.25) is 0 Å². The lowest BCUT2D eigenvalue weighted by Crippen LogP contribution is -2.32. The Hall–Kier alpha value is -1.92. The standard InChI is InChI=1S/C18H26N6/c1-20-16(17-15-8-9-21-18(15)23-11-24(17)19)13-4-2-12(3-5-13)10-22-14-6-7-14/h8-9,11-14,21-22H,1-7,10,19H2/b17-16-/t12-,13-. The van der Waals surface area contributed by atoms with Crippen molar-refractivity contribution in [2.45, 2.75) is 44.6 Å². The first-order valence-electron chi connectivity index (χ1n) is 8.96. The lowest BCUT2D eigenvalue weighted by atomic mass is 9.79. The van der Waals surface area contributed by atoms with Crippen LogP contribution in [0.1, 0.15) is 44.1 Å². The zero-order valence-electron chi connectivity index (χ0n) is 14.0. The van der Waals surface area contributed by atoms with E-state index in [4.69, 9.17) is 5.84 Å². The molecule has 1 aromatic rings. The van der Waals surface area contributed by atoms with Gasteiger partial charge in [0, 0.05) is 23.7 Å². The van der Waals surface area contributed by atoms with Crippen molar-refractivity contribution in [1.29, 1.82) is 0 Å². The molecule has 128 valence electrons. The van der Waals surface area contributed by atoms with Crippen molar-refractivity contribution in [3.05, 3.63) is 23.5 Å². The molecular weight excluding hydrogens is 300 g/mol. The molecule has 4 rings (SSSR count). The van der Waals surface area contributed by atoms with Crippen LogP contribution in [-0.2, 0) is 0 Å². The summed E-state index contributed by atoms with van der Waals surface area (Å²) in [5.74, 6) is 8.23. The summed E-state index contributed by atoms with van der Waals surface area (Å²) in [7, 11) is 0. The third-order valence-electron chi connectivity index (χ3n) is 5.47. The summed E-state index contributed by atoms with van der Waals surface area (Å²) in [5.41, 5.74) is 2.97. The van der Waals surface area contributed by atoms with Crippen LogP contribution in [0.15, 0.2) is 27.9 Å². The van der Waals surface area contributed by atoms with Gasteiger partial charge in [0.15, 0.2) is 0 Å². The molecule has 0 saturated heterocycles. The van der Waals surface area contributed by atoms with Crippen LogP contribution in [-0.4, -0.2) is 35.6 Å². The van der Waals surface area contributed by atoms with Crippen molar-refractivity contribution in [2.24, 2.45) is 27.7 Å². The van der Waals surface area contributed by atoms with E-state index in [9.17, 15) is 0 Å². The number of hydrogen-bond donors (Lipinski definition) is 3. The Kier molecular flexibility index (Phi) is 4.24. The minimum atomic E-state index is 0.426. The van der Waals surface area contributed by atoms with E-state index in [1.807, 2.05) is 12.3 Å². The summed E-state index contributed by atoms with van der Waals surface area (Å²) in [6.07, 6.45) is 11.1. The second-order valence-electron chi connectivity index (χ2n) is 7.18. The van der Waals surface area contributed by atoms with Crippen LogP contribution in [0.25, 0.3) is 5.70 Å². The number of nitrogens with zero attached hydrogens (tertiary/aromatic N) is 3. The Morgan fingerprint density at radius 3 is 2.83 bits per heavy atom. The number of allylic oxidation sites excluding steroid dienone is 1. The second kappa shape index (κ2) is 6.53. The summed E-state index contributed by atoms with van der Waals surface area (Å²) in [6.45, 7) is 5.00. The number of nitrogens with one attached hydrogen (secondary N) is 2. The molecule has 2 saturated carbocycles. The minimum absolute atomic E-state index is 0.426. The molecule has 4 N–H and O–H groups in total. The van der Waals surface area contributed by atoms with Crippen molar-refractivity contribution in [3.63, 3.8) is 0 Å². The number of aromatic amines is 1. The third kappa shape index (κ3) is 3.03. The van der Waals surface area contributed by atoms with E-state index >= 15 is 0 Å². The van der Waals surface area contributed by atoms with E-state index in [1.165, 1.54) is 32.2 Å². The number of hydrogen-bond acceptors (Lipinski definition) is 5. The summed E-state index contributed by atoms with van der Waals surface area (Å²) in [5, 5.41) is 5.25. The van der Waals surface area contributed by atoms with Gasteiger partial charge in [-0.05, 0) is 63.8 Å². The van der Waals surface area contributed by atoms with Gasteiger partial charge >= 0.3 is 0 Å². The monoisotopic (exact) mass is 326 g/mol. The van der Waals surface area contributed by atoms with Gasteiger partial charge in [-0.1, -0.05) is 0 Å². The highest BCUT2D eigenvalue weighted by Crippen LogP contribution is 2.40. The van der Waals surface area contributed by atoms with Crippen LogP contribution < -0.4 is 11.2 Å². The summed E-state index contributed by atoms with van der Waals surface area (Å²) in [6, 6.07) is 2.81. The Morgan fingerprint density at radius 2 is 2.12 bits per heavy atom. The maximum Gasteiger partial charge on any atom is 0.141 e. The molecule has 0 radical (unpaired) electrons. The van der Waals surface area contributed by atoms with Gasteiger partial charge in [0.25, 0.3) is 0 Å². The Labute approximate surface area is 142 Å². The Bertz CT molecular complexity index is 661. The first-order valence-corrected chi connectivity index (χ1v) is 8.96. The van der Waals surface area contributed by atoms with E-state index in [0.717, 1.165) is 47.6 Å². The highest BCUT2D eigenvalue weighted by Gasteiger charge is 2.30. The molecule has 0 amide bonds. The van der Waals surface area contributed by atoms with Gasteiger partial charge in [0.2, 0.25) is 0 Å². The van der Waals surface area contributed by atoms with Crippen molar-refractivity contribution >= 4 is 24.6 Å². The third-order valence-corrected chi connectivity index (χ3v) is 5.47. The number of hydrazine groups is 1. The highest BCUT2D eigenvalue weighted by molar-refractivity contribution is 5.87. The molecule has 0 aromatic carbocycles. The van der Waals surface area contributed by atoms with E-state index in [1.54, 1.807) is 11.3 Å². The van der Waals surface area contributed by atoms with Crippen LogP contribution in [0, 0.1) is 11.8 Å². The minimum Gasteiger partial charge on any atom is -0.346 e. The molecule has 6 heteroatoms. The van der Waals surface area contributed by atoms with Gasteiger partial charge in [-0.25, -0.2) is 10.8 Å². The van der Waals surface area contributed by atoms with Crippen molar-refractivity contribution < 1.29 is 0 Å². The molecular formula is C18H26N6. The van der Waals surface area contributed by atoms with E-state index in [2.05, 4.69) is 27.0 Å². The molecule has 1 aromatic heterocycles. The number of nitrogens with two attached hydrogens (primary N) is 1. The quantitative estimate of drug-likeness (QED) is 0.575. The van der Waals surface area contributed by atoms with Crippen LogP contribution >= 0.6 is 0 Å². The normalized spacial score (nSPS) is 28.6. The SMILES string of the molecule is C=N/C(=C1/c2cc[nH]c2N=CN1N)[C@H]1CC[C@H](CNC2CC2)CC1. The molecule has 0 bridgehead atoms. The second-order valence-corrected chi connectivity index (χ2v) is 7.18. The predicted molar refractivity (Wildman–Crippen MR) is 97.9 cm³/mol. The lowest BCUT2D eigenvalue weighted by molar-refractivity contribution is 0.290. The Balaban J connectivity index is 1.49. The lowest BCUT2D eigenvalue weighted by Gasteiger charge is -2.32. The van der Waals surface area contributed by atoms with E-state index < -0.39 is 0 Å². The molecule has 1 aliphatic heterocycles. The summed E-state index contributed by atoms with van der Waals surface area (Å²) < 4.78 is 0. The maximum absolute atomic E-state index is 6.17. The highest BCUT2D eigenvalue weighted by atomic mass is 15.4. The van der Waals surface area contributed by atoms with Crippen LogP contribution in [0.4, 0.5) is 5.82 Å². The number of fused-ring (bicyclic) bond motifs is 1. The van der Waals surface area contributed by atoms with Gasteiger partial charge in [-0.3, -0.25) is 10.0 Å². The van der Waals surface area contributed by atoms with E-state index in [0.29, 0.717) is 5.92 Å². The summed E-state index contributed by atoms with van der Waals surface area (Å²) >= 11 is 0. The molecule has 2 heterocycles. The topological polar surface area (TPSA) is 81.8 Å². The van der Waals surface area contributed by atoms with Crippen molar-refractivity contribution in [2.75, 3.05) is 6.54 Å². The van der Waals surface area contributed by atoms with Crippen LogP contribution in [0.5, 0.6) is 0 Å². The first-order chi connectivity index (χ1) is 11.8. The average Bonchev–Trinajstić information content (AvgIpc) is 3.32. The fraction of sp³-hybridized carbons (Fsp3) is 0.556. The van der Waals surface area contributed by atoms with Crippen molar-refractivity contribution in [1.82, 2.24) is 15.3 Å². The fourth-order valence-corrected chi connectivity index (χ4v) is 3.90. The van der Waals surface area contributed by atoms with Gasteiger partial charge in [-0.2, -0.15) is 0 Å². The molecule has 2 fully saturated rings. The number of rotatable bonds is 5. The van der Waals surface area contributed by atoms with Gasteiger partial charge in [0.05, 0.1) is 11.4 Å². The zero-order chi connectivity index (χ0) is 16.5. The largest absolute Gasteiger partial charge is 0.346 e. The predicted octanol–water partition coefficient (Wildman–Crippen LogP) is 2.79. The molecule has 6 nitrogen and oxygen atoms in total. The van der Waals surface area contributed by atoms with Crippen LogP contribution in [0.3, 0.4) is 0 Å². The smallest absolute Gasteiger partial charge is 0.141 e. The van der Waals surface area contributed by atoms with Gasteiger partial charge < -0.3 is 10.3 Å². The molecule has 24 heavy (non-hydrogen) atoms. The maximum atomic E-state index is 6.17. The van der Waals surface area contributed by atoms with Crippen molar-refractivity contribution in [3.8, 4) is 0 Å². The van der Waals surface area contributed by atoms with E-state index in [-0.39, 0.29) is 0 Å². The summed E-state index contributed by atoms with van der Waals surface area (Å²) in [4.78, 5) is 11.9. The average molecular weight is 326 g/mol. The Morgan fingerprint density at radius 1 is 1.33 bits per heavy atom. The number of aromatic nitrogens is 1. The first kappa shape index (κ1) is 15.6. The number of H-pyrrole nitrogens is 1. The molecule has 0 unspecified atom stereocenters.